The second-order valence-corrected chi connectivity index (χ2v) is 10.3. The van der Waals surface area contributed by atoms with Crippen LogP contribution in [0.1, 0.15) is 136 Å². The molecule has 5 heteroatoms. The molecule has 0 heterocycles. The second-order valence-electron chi connectivity index (χ2n) is 10.3. The van der Waals surface area contributed by atoms with Gasteiger partial charge in [-0.2, -0.15) is 0 Å². The minimum Gasteiger partial charge on any atom is -0.462 e. The summed E-state index contributed by atoms with van der Waals surface area (Å²) in [6.07, 6.45) is 34.4. The second kappa shape index (κ2) is 31.4. The third kappa shape index (κ3) is 28.9. The van der Waals surface area contributed by atoms with Crippen molar-refractivity contribution in [3.05, 3.63) is 48.6 Å². The van der Waals surface area contributed by atoms with Gasteiger partial charge in [-0.15, -0.1) is 0 Å². The maximum Gasteiger partial charge on any atom is 0.306 e. The molecule has 0 aromatic heterocycles. The Bertz CT molecular complexity index is 692. The highest BCUT2D eigenvalue weighted by Crippen LogP contribution is 2.09. The lowest BCUT2D eigenvalue weighted by molar-refractivity contribution is -0.163. The van der Waals surface area contributed by atoms with Gasteiger partial charge in [-0.05, 0) is 51.4 Å². The van der Waals surface area contributed by atoms with Gasteiger partial charge in [-0.1, -0.05) is 121 Å². The van der Waals surface area contributed by atoms with Gasteiger partial charge in [-0.25, -0.2) is 0 Å². The molecule has 230 valence electrons. The molecule has 1 atom stereocenters. The van der Waals surface area contributed by atoms with Crippen LogP contribution in [0.25, 0.3) is 0 Å². The van der Waals surface area contributed by atoms with E-state index < -0.39 is 6.10 Å². The maximum absolute atomic E-state index is 12.3. The molecule has 1 unspecified atom stereocenters. The predicted molar refractivity (Wildman–Crippen MR) is 168 cm³/mol. The molecule has 40 heavy (non-hydrogen) atoms. The lowest BCUT2D eigenvalue weighted by Gasteiger charge is -2.18. The van der Waals surface area contributed by atoms with Gasteiger partial charge in [0.2, 0.25) is 0 Å². The Hall–Kier alpha value is -2.14. The normalized spacial score (nSPS) is 12.8. The zero-order valence-corrected chi connectivity index (χ0v) is 26.1. The number of esters is 2. The van der Waals surface area contributed by atoms with Crippen molar-refractivity contribution in [1.29, 1.82) is 0 Å². The van der Waals surface area contributed by atoms with Crippen molar-refractivity contribution in [2.45, 2.75) is 142 Å². The highest BCUT2D eigenvalue weighted by molar-refractivity contribution is 5.70. The first kappa shape index (κ1) is 37.9. The van der Waals surface area contributed by atoms with E-state index in [9.17, 15) is 9.59 Å². The summed E-state index contributed by atoms with van der Waals surface area (Å²) in [7, 11) is 0. The van der Waals surface area contributed by atoms with E-state index in [1.165, 1.54) is 25.7 Å². The molecule has 0 amide bonds. The van der Waals surface area contributed by atoms with Gasteiger partial charge in [-0.3, -0.25) is 9.59 Å². The fraction of sp³-hybridized carbons (Fsp3) is 0.714. The molecule has 0 saturated carbocycles. The van der Waals surface area contributed by atoms with Crippen LogP contribution in [0.5, 0.6) is 0 Å². The third-order valence-corrected chi connectivity index (χ3v) is 6.38. The van der Waals surface area contributed by atoms with Gasteiger partial charge < -0.3 is 14.2 Å². The van der Waals surface area contributed by atoms with Gasteiger partial charge >= 0.3 is 11.9 Å². The molecule has 0 fully saturated rings. The number of carbonyl (C=O) groups excluding carboxylic acids is 2. The Kier molecular flexibility index (Phi) is 29.7. The molecule has 0 bridgehead atoms. The molecular weight excluding hydrogens is 500 g/mol. The monoisotopic (exact) mass is 560 g/mol. The zero-order valence-electron chi connectivity index (χ0n) is 26.1. The summed E-state index contributed by atoms with van der Waals surface area (Å²) in [5.74, 6) is -0.461. The average molecular weight is 561 g/mol. The van der Waals surface area contributed by atoms with Gasteiger partial charge in [0, 0.05) is 19.4 Å². The van der Waals surface area contributed by atoms with Gasteiger partial charge in [0.1, 0.15) is 6.61 Å². The number of hydrogen-bond donors (Lipinski definition) is 0. The molecule has 0 aliphatic heterocycles. The zero-order chi connectivity index (χ0) is 29.4. The molecule has 0 aliphatic rings. The van der Waals surface area contributed by atoms with Crippen molar-refractivity contribution in [3.8, 4) is 0 Å². The molecule has 0 rings (SSSR count). The van der Waals surface area contributed by atoms with E-state index in [1.54, 1.807) is 0 Å². The van der Waals surface area contributed by atoms with E-state index >= 15 is 0 Å². The molecule has 0 aliphatic carbocycles. The van der Waals surface area contributed by atoms with Crippen LogP contribution in [-0.2, 0) is 23.8 Å². The first-order chi connectivity index (χ1) is 19.6. The standard InChI is InChI=1S/C35H60O5/c1-4-7-10-13-14-15-16-17-18-19-20-21-24-27-30-38-31-33(40-35(37)29-26-23-12-9-6-3)32-39-34(36)28-25-22-11-8-5-2/h7,10,14-15,17-18,20-21,33H,4-6,8-9,11-13,16,19,22-32H2,1-3H3/b10-7-,15-14-,18-17-,21-20-. The lowest BCUT2D eigenvalue weighted by Crippen LogP contribution is -2.30. The Morgan fingerprint density at radius 3 is 1.68 bits per heavy atom. The molecular formula is C35H60O5. The van der Waals surface area contributed by atoms with Crippen LogP contribution in [0.15, 0.2) is 48.6 Å². The summed E-state index contributed by atoms with van der Waals surface area (Å²) in [6, 6.07) is 0. The van der Waals surface area contributed by atoms with Crippen LogP contribution in [0, 0.1) is 0 Å². The fourth-order valence-electron chi connectivity index (χ4n) is 3.98. The quantitative estimate of drug-likeness (QED) is 0.0541. The van der Waals surface area contributed by atoms with Gasteiger partial charge in [0.05, 0.1) is 6.61 Å². The van der Waals surface area contributed by atoms with Gasteiger partial charge in [0.25, 0.3) is 0 Å². The summed E-state index contributed by atoms with van der Waals surface area (Å²) in [6.45, 7) is 7.38. The summed E-state index contributed by atoms with van der Waals surface area (Å²) in [5.41, 5.74) is 0. The number of carbonyl (C=O) groups is 2. The Morgan fingerprint density at radius 1 is 0.575 bits per heavy atom. The molecule has 0 N–H and O–H groups in total. The lowest BCUT2D eigenvalue weighted by atomic mass is 10.1. The first-order valence-electron chi connectivity index (χ1n) is 16.2. The van der Waals surface area contributed by atoms with Crippen molar-refractivity contribution < 1.29 is 23.8 Å². The average Bonchev–Trinajstić information content (AvgIpc) is 2.95. The summed E-state index contributed by atoms with van der Waals surface area (Å²) >= 11 is 0. The highest BCUT2D eigenvalue weighted by atomic mass is 16.6. The Balaban J connectivity index is 4.22. The van der Waals surface area contributed by atoms with E-state index in [0.717, 1.165) is 77.0 Å². The third-order valence-electron chi connectivity index (χ3n) is 6.38. The van der Waals surface area contributed by atoms with Crippen molar-refractivity contribution >= 4 is 11.9 Å². The largest absolute Gasteiger partial charge is 0.462 e. The van der Waals surface area contributed by atoms with E-state index in [2.05, 4.69) is 69.4 Å². The minimum atomic E-state index is -0.551. The van der Waals surface area contributed by atoms with E-state index in [-0.39, 0.29) is 25.2 Å². The van der Waals surface area contributed by atoms with Crippen LogP contribution < -0.4 is 0 Å². The maximum atomic E-state index is 12.3. The van der Waals surface area contributed by atoms with E-state index in [4.69, 9.17) is 14.2 Å². The summed E-state index contributed by atoms with van der Waals surface area (Å²) < 4.78 is 16.8. The topological polar surface area (TPSA) is 61.8 Å². The summed E-state index contributed by atoms with van der Waals surface area (Å²) in [5, 5.41) is 0. The van der Waals surface area contributed by atoms with Crippen molar-refractivity contribution in [2.24, 2.45) is 0 Å². The molecule has 0 radical (unpaired) electrons. The van der Waals surface area contributed by atoms with Crippen LogP contribution in [-0.4, -0.2) is 37.9 Å². The van der Waals surface area contributed by atoms with E-state index in [0.29, 0.717) is 19.4 Å². The minimum absolute atomic E-state index is 0.0617. The van der Waals surface area contributed by atoms with Crippen LogP contribution in [0.4, 0.5) is 0 Å². The van der Waals surface area contributed by atoms with E-state index in [1.807, 2.05) is 0 Å². The first-order valence-corrected chi connectivity index (χ1v) is 16.2. The van der Waals surface area contributed by atoms with Crippen molar-refractivity contribution in [1.82, 2.24) is 0 Å². The smallest absolute Gasteiger partial charge is 0.306 e. The SMILES string of the molecule is CC/C=C\C/C=C\C/C=C\C/C=C\CCCOCC(COC(=O)CCCCCCC)OC(=O)CCCCCCC. The molecule has 0 spiro atoms. The molecule has 0 aromatic rings. The van der Waals surface area contributed by atoms with Crippen LogP contribution >= 0.6 is 0 Å². The van der Waals surface area contributed by atoms with Crippen molar-refractivity contribution in [2.75, 3.05) is 19.8 Å². The molecule has 0 aromatic carbocycles. The molecule has 0 saturated heterocycles. The van der Waals surface area contributed by atoms with Crippen LogP contribution in [0.3, 0.4) is 0 Å². The summed E-state index contributed by atoms with van der Waals surface area (Å²) in [4.78, 5) is 24.5. The van der Waals surface area contributed by atoms with Gasteiger partial charge in [0.15, 0.2) is 6.10 Å². The Labute approximate surface area is 246 Å². The number of rotatable bonds is 28. The highest BCUT2D eigenvalue weighted by Gasteiger charge is 2.17. The Morgan fingerprint density at radius 2 is 1.10 bits per heavy atom. The number of ether oxygens (including phenoxy) is 3. The van der Waals surface area contributed by atoms with Crippen LogP contribution in [0.2, 0.25) is 0 Å². The number of unbranched alkanes of at least 4 members (excludes halogenated alkanes) is 9. The van der Waals surface area contributed by atoms with Crippen molar-refractivity contribution in [3.63, 3.8) is 0 Å². The molecule has 5 nitrogen and oxygen atoms in total. The predicted octanol–water partition coefficient (Wildman–Crippen LogP) is 9.76. The number of hydrogen-bond acceptors (Lipinski definition) is 5. The fourth-order valence-corrected chi connectivity index (χ4v) is 3.98. The number of allylic oxidation sites excluding steroid dienone is 8.